The Hall–Kier alpha value is -3.91. The number of para-hydroxylation sites is 1. The molecule has 166 valence electrons. The molecule has 0 unspecified atom stereocenters. The Labute approximate surface area is 195 Å². The number of hydrazone groups is 1. The quantitative estimate of drug-likeness (QED) is 0.527. The minimum absolute atomic E-state index is 0.0582. The molecular formula is C25H22N4O3S. The van der Waals surface area contributed by atoms with Crippen molar-refractivity contribution in [3.8, 4) is 0 Å². The maximum Gasteiger partial charge on any atom is 0.255 e. The highest BCUT2D eigenvalue weighted by Gasteiger charge is 2.26. The monoisotopic (exact) mass is 458 g/mol. The van der Waals surface area contributed by atoms with E-state index in [1.807, 2.05) is 60.7 Å². The molecular weight excluding hydrogens is 436 g/mol. The van der Waals surface area contributed by atoms with Crippen molar-refractivity contribution in [3.05, 3.63) is 90.5 Å². The third-order valence-corrected chi connectivity index (χ3v) is 5.79. The van der Waals surface area contributed by atoms with Crippen molar-refractivity contribution in [1.29, 1.82) is 0 Å². The number of amides is 3. The lowest BCUT2D eigenvalue weighted by Gasteiger charge is -2.10. The molecule has 3 aromatic rings. The van der Waals surface area contributed by atoms with Crippen LogP contribution < -0.4 is 15.6 Å². The topological polar surface area (TPSA) is 90.9 Å². The van der Waals surface area contributed by atoms with E-state index in [4.69, 9.17) is 0 Å². The van der Waals surface area contributed by atoms with Crippen LogP contribution in [0.25, 0.3) is 0 Å². The average molecular weight is 459 g/mol. The Bertz CT molecular complexity index is 1170. The van der Waals surface area contributed by atoms with Crippen molar-refractivity contribution in [3.63, 3.8) is 0 Å². The second-order valence-electron chi connectivity index (χ2n) is 7.34. The van der Waals surface area contributed by atoms with Gasteiger partial charge in [0.05, 0.1) is 24.3 Å². The number of rotatable bonds is 7. The number of nitrogens with one attached hydrogen (secondary N) is 2. The lowest BCUT2D eigenvalue weighted by Crippen LogP contribution is -2.31. The maximum absolute atomic E-state index is 12.3. The first-order valence-electron chi connectivity index (χ1n) is 10.4. The zero-order valence-corrected chi connectivity index (χ0v) is 18.5. The van der Waals surface area contributed by atoms with E-state index in [1.165, 1.54) is 16.8 Å². The number of hydrogen-bond donors (Lipinski definition) is 2. The molecule has 0 atom stereocenters. The van der Waals surface area contributed by atoms with E-state index in [0.29, 0.717) is 23.6 Å². The van der Waals surface area contributed by atoms with Gasteiger partial charge in [0.2, 0.25) is 11.8 Å². The van der Waals surface area contributed by atoms with Crippen LogP contribution in [0, 0.1) is 0 Å². The Morgan fingerprint density at radius 3 is 2.21 bits per heavy atom. The third kappa shape index (κ3) is 6.30. The van der Waals surface area contributed by atoms with Gasteiger partial charge in [0.1, 0.15) is 5.84 Å². The molecule has 1 aliphatic heterocycles. The molecule has 33 heavy (non-hydrogen) atoms. The lowest BCUT2D eigenvalue weighted by molar-refractivity contribution is -0.117. The van der Waals surface area contributed by atoms with E-state index in [2.05, 4.69) is 15.7 Å². The fraction of sp³-hybridized carbons (Fsp3) is 0.120. The van der Waals surface area contributed by atoms with Crippen LogP contribution in [0.15, 0.2) is 94.9 Å². The summed E-state index contributed by atoms with van der Waals surface area (Å²) in [5.41, 5.74) is 2.32. The van der Waals surface area contributed by atoms with Gasteiger partial charge in [-0.25, -0.2) is 0 Å². The first-order chi connectivity index (χ1) is 16.1. The molecule has 2 N–H and O–H groups in total. The van der Waals surface area contributed by atoms with E-state index in [-0.39, 0.29) is 29.9 Å². The summed E-state index contributed by atoms with van der Waals surface area (Å²) in [5.74, 6) is 0.0113. The van der Waals surface area contributed by atoms with Crippen molar-refractivity contribution in [2.24, 2.45) is 5.10 Å². The summed E-state index contributed by atoms with van der Waals surface area (Å²) in [6, 6.07) is 25.9. The van der Waals surface area contributed by atoms with Gasteiger partial charge in [-0.05, 0) is 42.0 Å². The summed E-state index contributed by atoms with van der Waals surface area (Å²) in [6.45, 7) is 0. The smallest absolute Gasteiger partial charge is 0.255 e. The van der Waals surface area contributed by atoms with Gasteiger partial charge < -0.3 is 10.6 Å². The summed E-state index contributed by atoms with van der Waals surface area (Å²) < 4.78 is 0. The zero-order valence-electron chi connectivity index (χ0n) is 17.7. The van der Waals surface area contributed by atoms with Crippen LogP contribution in [0.4, 0.5) is 11.4 Å². The highest BCUT2D eigenvalue weighted by molar-refractivity contribution is 8.00. The van der Waals surface area contributed by atoms with E-state index in [9.17, 15) is 14.4 Å². The number of carbonyl (C=O) groups excluding carboxylic acids is 3. The molecule has 0 fully saturated rings. The molecule has 1 heterocycles. The van der Waals surface area contributed by atoms with E-state index < -0.39 is 0 Å². The predicted octanol–water partition coefficient (Wildman–Crippen LogP) is 3.83. The predicted molar refractivity (Wildman–Crippen MR) is 130 cm³/mol. The van der Waals surface area contributed by atoms with Crippen LogP contribution >= 0.6 is 11.8 Å². The molecule has 0 bridgehead atoms. The molecule has 0 aromatic heterocycles. The minimum Gasteiger partial charge on any atom is -0.326 e. The van der Waals surface area contributed by atoms with Gasteiger partial charge in [-0.2, -0.15) is 10.1 Å². The molecule has 3 amide bonds. The zero-order chi connectivity index (χ0) is 23.0. The van der Waals surface area contributed by atoms with Crippen molar-refractivity contribution < 1.29 is 14.4 Å². The highest BCUT2D eigenvalue weighted by Crippen LogP contribution is 2.21. The number of carbonyl (C=O) groups is 3. The largest absolute Gasteiger partial charge is 0.326 e. The number of anilines is 2. The molecule has 8 heteroatoms. The van der Waals surface area contributed by atoms with Crippen molar-refractivity contribution in [2.45, 2.75) is 17.7 Å². The summed E-state index contributed by atoms with van der Waals surface area (Å²) in [5, 5.41) is 11.1. The second kappa shape index (κ2) is 10.6. The Kier molecular flexibility index (Phi) is 7.16. The molecule has 0 spiro atoms. The van der Waals surface area contributed by atoms with E-state index in [0.717, 1.165) is 10.5 Å². The number of hydrogen-bond acceptors (Lipinski definition) is 5. The summed E-state index contributed by atoms with van der Waals surface area (Å²) in [6.07, 6.45) is 0.369. The van der Waals surface area contributed by atoms with Gasteiger partial charge in [0, 0.05) is 10.6 Å². The fourth-order valence-electron chi connectivity index (χ4n) is 3.24. The van der Waals surface area contributed by atoms with Gasteiger partial charge in [-0.1, -0.05) is 48.5 Å². The molecule has 7 nitrogen and oxygen atoms in total. The summed E-state index contributed by atoms with van der Waals surface area (Å²) in [7, 11) is 0. The average Bonchev–Trinajstić information content (AvgIpc) is 3.19. The molecule has 0 radical (unpaired) electrons. The maximum atomic E-state index is 12.3. The van der Waals surface area contributed by atoms with Crippen molar-refractivity contribution in [1.82, 2.24) is 5.32 Å². The minimum atomic E-state index is -0.235. The molecule has 1 aliphatic rings. The van der Waals surface area contributed by atoms with Gasteiger partial charge in [0.15, 0.2) is 0 Å². The third-order valence-electron chi connectivity index (χ3n) is 4.78. The van der Waals surface area contributed by atoms with Crippen LogP contribution in [0.3, 0.4) is 0 Å². The number of thioether (sulfide) groups is 1. The fourth-order valence-corrected chi connectivity index (χ4v) is 3.94. The Morgan fingerprint density at radius 2 is 1.52 bits per heavy atom. The van der Waals surface area contributed by atoms with Crippen LogP contribution in [0.2, 0.25) is 0 Å². The van der Waals surface area contributed by atoms with E-state index >= 15 is 0 Å². The summed E-state index contributed by atoms with van der Waals surface area (Å²) >= 11 is 1.36. The van der Waals surface area contributed by atoms with Gasteiger partial charge in [0.25, 0.3) is 5.91 Å². The van der Waals surface area contributed by atoms with Gasteiger partial charge in [-0.3, -0.25) is 14.4 Å². The lowest BCUT2D eigenvalue weighted by atomic mass is 10.1. The summed E-state index contributed by atoms with van der Waals surface area (Å²) in [4.78, 5) is 37.6. The first-order valence-corrected chi connectivity index (χ1v) is 11.4. The highest BCUT2D eigenvalue weighted by atomic mass is 32.2. The Balaban J connectivity index is 1.24. The first kappa shape index (κ1) is 22.3. The van der Waals surface area contributed by atoms with Crippen LogP contribution in [0.5, 0.6) is 0 Å². The number of benzene rings is 3. The van der Waals surface area contributed by atoms with Crippen LogP contribution in [-0.2, 0) is 20.8 Å². The molecule has 3 aromatic carbocycles. The molecule has 0 saturated heterocycles. The van der Waals surface area contributed by atoms with Gasteiger partial charge in [-0.15, -0.1) is 11.8 Å². The Morgan fingerprint density at radius 1 is 0.848 bits per heavy atom. The van der Waals surface area contributed by atoms with Crippen molar-refractivity contribution >= 4 is 46.7 Å². The molecule has 4 rings (SSSR count). The number of nitrogens with zero attached hydrogens (tertiary/aromatic N) is 2. The molecule has 0 saturated carbocycles. The van der Waals surface area contributed by atoms with Crippen molar-refractivity contribution in [2.75, 3.05) is 16.1 Å². The normalized spacial score (nSPS) is 12.9. The number of amidine groups is 1. The van der Waals surface area contributed by atoms with Gasteiger partial charge >= 0.3 is 0 Å². The van der Waals surface area contributed by atoms with Crippen LogP contribution in [-0.4, -0.2) is 29.3 Å². The van der Waals surface area contributed by atoms with E-state index in [1.54, 1.807) is 24.3 Å². The SMILES string of the molecule is O=C(CSc1ccc(NC(=O)Cc2ccccc2)cc1)NC1=NN(c2ccccc2)C(=O)C1. The molecule has 0 aliphatic carbocycles. The standard InChI is InChI=1S/C25H22N4O3S/c30-23(15-18-7-3-1-4-8-18)26-19-11-13-21(14-12-19)33-17-24(31)27-22-16-25(32)29(28-22)20-9-5-2-6-10-20/h1-14H,15-17H2,(H,26,30)(H,27,28,31). The second-order valence-corrected chi connectivity index (χ2v) is 8.39. The van der Waals surface area contributed by atoms with Crippen LogP contribution in [0.1, 0.15) is 12.0 Å².